The van der Waals surface area contributed by atoms with E-state index in [-0.39, 0.29) is 5.82 Å². The van der Waals surface area contributed by atoms with Crippen LogP contribution in [-0.2, 0) is 6.54 Å². The third-order valence-electron chi connectivity index (χ3n) is 3.70. The van der Waals surface area contributed by atoms with Crippen molar-refractivity contribution in [1.82, 2.24) is 9.88 Å². The normalized spacial score (nSPS) is 18.0. The van der Waals surface area contributed by atoms with Gasteiger partial charge in [0.05, 0.1) is 6.20 Å². The molecule has 100 valence electrons. The lowest BCUT2D eigenvalue weighted by molar-refractivity contribution is 0.252. The average molecular weight is 252 g/mol. The number of pyridine rings is 1. The second-order valence-electron chi connectivity index (χ2n) is 4.99. The Kier molecular flexibility index (Phi) is 4.14. The van der Waals surface area contributed by atoms with Crippen LogP contribution in [0.15, 0.2) is 12.3 Å². The van der Waals surface area contributed by atoms with E-state index < -0.39 is 0 Å². The molecule has 0 aromatic carbocycles. The first kappa shape index (κ1) is 13.2. The van der Waals surface area contributed by atoms with E-state index in [2.05, 4.69) is 21.8 Å². The fraction of sp³-hybridized carbons (Fsp3) is 0.615. The lowest BCUT2D eigenvalue weighted by Gasteiger charge is -2.36. The molecule has 1 saturated heterocycles. The van der Waals surface area contributed by atoms with Gasteiger partial charge >= 0.3 is 0 Å². The predicted molar refractivity (Wildman–Crippen MR) is 71.0 cm³/mol. The van der Waals surface area contributed by atoms with E-state index in [4.69, 9.17) is 5.73 Å². The summed E-state index contributed by atoms with van der Waals surface area (Å²) < 4.78 is 13.1. The molecule has 0 spiro atoms. The van der Waals surface area contributed by atoms with Crippen LogP contribution in [0.1, 0.15) is 18.4 Å². The molecule has 0 radical (unpaired) electrons. The van der Waals surface area contributed by atoms with Gasteiger partial charge in [-0.05, 0) is 39.0 Å². The molecule has 4 nitrogen and oxygen atoms in total. The van der Waals surface area contributed by atoms with Crippen LogP contribution in [-0.4, -0.2) is 43.1 Å². The summed E-state index contributed by atoms with van der Waals surface area (Å²) in [5, 5.41) is 0. The first-order valence-corrected chi connectivity index (χ1v) is 6.37. The number of nitrogens with two attached hydrogens (primary N) is 1. The first-order chi connectivity index (χ1) is 8.61. The Hall–Kier alpha value is -1.20. The SMILES string of the molecule is CN1CCC(N(C)c2ncc(F)cc2CN)CC1. The first-order valence-electron chi connectivity index (χ1n) is 6.37. The lowest BCUT2D eigenvalue weighted by atomic mass is 10.0. The fourth-order valence-electron chi connectivity index (χ4n) is 2.50. The number of aromatic nitrogens is 1. The molecule has 1 aromatic heterocycles. The molecule has 18 heavy (non-hydrogen) atoms. The Bertz CT molecular complexity index is 402. The van der Waals surface area contributed by atoms with Crippen LogP contribution in [0.25, 0.3) is 0 Å². The topological polar surface area (TPSA) is 45.4 Å². The largest absolute Gasteiger partial charge is 0.356 e. The highest BCUT2D eigenvalue weighted by Crippen LogP contribution is 2.23. The second-order valence-corrected chi connectivity index (χ2v) is 4.99. The van der Waals surface area contributed by atoms with E-state index in [0.717, 1.165) is 37.3 Å². The van der Waals surface area contributed by atoms with E-state index in [9.17, 15) is 4.39 Å². The number of halogens is 1. The average Bonchev–Trinajstić information content (AvgIpc) is 2.38. The molecule has 1 aromatic rings. The van der Waals surface area contributed by atoms with Crippen molar-refractivity contribution in [3.63, 3.8) is 0 Å². The van der Waals surface area contributed by atoms with Crippen molar-refractivity contribution in [2.24, 2.45) is 5.73 Å². The summed E-state index contributed by atoms with van der Waals surface area (Å²) in [7, 11) is 4.16. The highest BCUT2D eigenvalue weighted by atomic mass is 19.1. The van der Waals surface area contributed by atoms with Gasteiger partial charge in [0.25, 0.3) is 0 Å². The van der Waals surface area contributed by atoms with Crippen LogP contribution < -0.4 is 10.6 Å². The fourth-order valence-corrected chi connectivity index (χ4v) is 2.50. The zero-order chi connectivity index (χ0) is 13.1. The van der Waals surface area contributed by atoms with Gasteiger partial charge in [-0.25, -0.2) is 9.37 Å². The Morgan fingerprint density at radius 1 is 1.50 bits per heavy atom. The molecule has 0 saturated carbocycles. The molecule has 0 amide bonds. The molecule has 0 unspecified atom stereocenters. The molecule has 2 rings (SSSR count). The minimum atomic E-state index is -0.323. The molecule has 2 heterocycles. The van der Waals surface area contributed by atoms with E-state index in [0.29, 0.717) is 12.6 Å². The molecule has 0 atom stereocenters. The standard InChI is InChI=1S/C13H21FN4/c1-17-5-3-12(4-6-17)18(2)13-10(8-15)7-11(14)9-16-13/h7,9,12H,3-6,8,15H2,1-2H3. The number of anilines is 1. The van der Waals surface area contributed by atoms with Crippen LogP contribution in [0, 0.1) is 5.82 Å². The van der Waals surface area contributed by atoms with Crippen LogP contribution >= 0.6 is 0 Å². The highest BCUT2D eigenvalue weighted by molar-refractivity contribution is 5.47. The van der Waals surface area contributed by atoms with E-state index in [1.807, 2.05) is 7.05 Å². The number of likely N-dealkylation sites (tertiary alicyclic amines) is 1. The zero-order valence-corrected chi connectivity index (χ0v) is 11.1. The summed E-state index contributed by atoms with van der Waals surface area (Å²) in [6.07, 6.45) is 3.48. The van der Waals surface area contributed by atoms with Gasteiger partial charge in [0.15, 0.2) is 0 Å². The number of piperidine rings is 1. The summed E-state index contributed by atoms with van der Waals surface area (Å²) >= 11 is 0. The summed E-state index contributed by atoms with van der Waals surface area (Å²) in [5.74, 6) is 0.490. The maximum absolute atomic E-state index is 13.1. The van der Waals surface area contributed by atoms with E-state index >= 15 is 0 Å². The number of hydrogen-bond acceptors (Lipinski definition) is 4. The number of nitrogens with zero attached hydrogens (tertiary/aromatic N) is 3. The van der Waals surface area contributed by atoms with Crippen molar-refractivity contribution in [2.45, 2.75) is 25.4 Å². The van der Waals surface area contributed by atoms with Crippen molar-refractivity contribution in [3.05, 3.63) is 23.6 Å². The molecule has 5 heteroatoms. The van der Waals surface area contributed by atoms with Gasteiger partial charge in [-0.2, -0.15) is 0 Å². The van der Waals surface area contributed by atoms with Gasteiger partial charge in [0, 0.05) is 25.2 Å². The Labute approximate surface area is 108 Å². The molecule has 2 N–H and O–H groups in total. The van der Waals surface area contributed by atoms with E-state index in [1.54, 1.807) is 0 Å². The molecule has 1 fully saturated rings. The molecule has 0 aliphatic carbocycles. The monoisotopic (exact) mass is 252 g/mol. The molecular formula is C13H21FN4. The molecule has 1 aliphatic heterocycles. The van der Waals surface area contributed by atoms with Crippen LogP contribution in [0.5, 0.6) is 0 Å². The minimum Gasteiger partial charge on any atom is -0.356 e. The lowest BCUT2D eigenvalue weighted by Crippen LogP contribution is -2.42. The van der Waals surface area contributed by atoms with Crippen LogP contribution in [0.3, 0.4) is 0 Å². The molecular weight excluding hydrogens is 231 g/mol. The highest BCUT2D eigenvalue weighted by Gasteiger charge is 2.22. The second kappa shape index (κ2) is 5.63. The Balaban J connectivity index is 2.15. The van der Waals surface area contributed by atoms with E-state index in [1.165, 1.54) is 12.3 Å². The van der Waals surface area contributed by atoms with Crippen molar-refractivity contribution < 1.29 is 4.39 Å². The molecule has 1 aliphatic rings. The Morgan fingerprint density at radius 3 is 2.78 bits per heavy atom. The third-order valence-corrected chi connectivity index (χ3v) is 3.70. The van der Waals surface area contributed by atoms with Crippen molar-refractivity contribution in [1.29, 1.82) is 0 Å². The van der Waals surface area contributed by atoms with Crippen molar-refractivity contribution in [2.75, 3.05) is 32.1 Å². The zero-order valence-electron chi connectivity index (χ0n) is 11.1. The smallest absolute Gasteiger partial charge is 0.141 e. The van der Waals surface area contributed by atoms with Gasteiger partial charge < -0.3 is 15.5 Å². The summed E-state index contributed by atoms with van der Waals surface area (Å²) in [5.41, 5.74) is 6.44. The van der Waals surface area contributed by atoms with Crippen molar-refractivity contribution >= 4 is 5.82 Å². The summed E-state index contributed by atoms with van der Waals surface area (Å²) in [4.78, 5) is 8.67. The predicted octanol–water partition coefficient (Wildman–Crippen LogP) is 1.21. The van der Waals surface area contributed by atoms with Crippen molar-refractivity contribution in [3.8, 4) is 0 Å². The van der Waals surface area contributed by atoms with Gasteiger partial charge in [-0.1, -0.05) is 0 Å². The molecule has 0 bridgehead atoms. The number of rotatable bonds is 3. The van der Waals surface area contributed by atoms with Gasteiger partial charge in [-0.15, -0.1) is 0 Å². The quantitative estimate of drug-likeness (QED) is 0.878. The van der Waals surface area contributed by atoms with Gasteiger partial charge in [0.2, 0.25) is 0 Å². The maximum atomic E-state index is 13.1. The third kappa shape index (κ3) is 2.79. The summed E-state index contributed by atoms with van der Waals surface area (Å²) in [6, 6.07) is 1.94. The van der Waals surface area contributed by atoms with Gasteiger partial charge in [-0.3, -0.25) is 0 Å². The summed E-state index contributed by atoms with van der Waals surface area (Å²) in [6.45, 7) is 2.50. The minimum absolute atomic E-state index is 0.317. The van der Waals surface area contributed by atoms with Gasteiger partial charge in [0.1, 0.15) is 11.6 Å². The number of hydrogen-bond donors (Lipinski definition) is 1. The Morgan fingerprint density at radius 2 is 2.17 bits per heavy atom. The van der Waals surface area contributed by atoms with Crippen LogP contribution in [0.4, 0.5) is 10.2 Å². The van der Waals surface area contributed by atoms with Crippen LogP contribution in [0.2, 0.25) is 0 Å². The maximum Gasteiger partial charge on any atom is 0.141 e.